The number of benzene rings is 2. The van der Waals surface area contributed by atoms with E-state index in [1.807, 2.05) is 30.3 Å². The normalized spacial score (nSPS) is 18.6. The Morgan fingerprint density at radius 2 is 1.50 bits per heavy atom. The van der Waals surface area contributed by atoms with Crippen LogP contribution in [0.5, 0.6) is 0 Å². The maximum Gasteiger partial charge on any atom is 0.339 e. The molecule has 0 spiro atoms. The van der Waals surface area contributed by atoms with Gasteiger partial charge in [-0.2, -0.15) is 0 Å². The molecular formula is C24H28N2O4. The Hall–Kier alpha value is -3.15. The summed E-state index contributed by atoms with van der Waals surface area (Å²) in [5, 5.41) is 0. The van der Waals surface area contributed by atoms with Gasteiger partial charge < -0.3 is 14.5 Å². The molecule has 158 valence electrons. The molecule has 0 unspecified atom stereocenters. The summed E-state index contributed by atoms with van der Waals surface area (Å²) >= 11 is 0. The van der Waals surface area contributed by atoms with Crippen LogP contribution in [-0.2, 0) is 9.53 Å². The van der Waals surface area contributed by atoms with Crippen molar-refractivity contribution < 1.29 is 19.1 Å². The molecule has 0 bridgehead atoms. The number of esters is 1. The predicted molar refractivity (Wildman–Crippen MR) is 115 cm³/mol. The molecule has 1 saturated heterocycles. The van der Waals surface area contributed by atoms with Gasteiger partial charge in [0.1, 0.15) is 0 Å². The maximum absolute atomic E-state index is 13.0. The van der Waals surface area contributed by atoms with Gasteiger partial charge in [-0.25, -0.2) is 4.79 Å². The summed E-state index contributed by atoms with van der Waals surface area (Å²) in [5.41, 5.74) is 1.11. The van der Waals surface area contributed by atoms with E-state index in [-0.39, 0.29) is 29.5 Å². The number of hydrogen-bond donors (Lipinski definition) is 0. The Morgan fingerprint density at radius 1 is 0.933 bits per heavy atom. The molecule has 0 N–H and O–H groups in total. The van der Waals surface area contributed by atoms with Gasteiger partial charge in [-0.3, -0.25) is 9.59 Å². The first-order chi connectivity index (χ1) is 14.4. The summed E-state index contributed by atoms with van der Waals surface area (Å²) < 4.78 is 5.29. The molecule has 2 aromatic carbocycles. The number of carbonyl (C=O) groups excluding carboxylic acids is 3. The summed E-state index contributed by atoms with van der Waals surface area (Å²) in [6.07, 6.45) is 1.09. The first kappa shape index (κ1) is 21.6. The highest BCUT2D eigenvalue weighted by molar-refractivity contribution is 6.12. The van der Waals surface area contributed by atoms with Crippen molar-refractivity contribution in [3.63, 3.8) is 0 Å². The minimum absolute atomic E-state index is 0.151. The fourth-order valence-corrected chi connectivity index (χ4v) is 3.96. The molecular weight excluding hydrogens is 380 g/mol. The van der Waals surface area contributed by atoms with Crippen LogP contribution in [0, 0.1) is 11.8 Å². The van der Waals surface area contributed by atoms with Crippen LogP contribution in [0.4, 0.5) is 5.69 Å². The lowest BCUT2D eigenvalue weighted by Gasteiger charge is -2.34. The standard InChI is InChI=1S/C24H28N2O4/c1-17-13-18(2)15-26(14-17)22(27)16-30-24(29)21-12-8-7-11-20(21)23(28)25(3)19-9-5-4-6-10-19/h4-12,17-18H,13-16H2,1-3H3/t17-,18-/m1/s1. The van der Waals surface area contributed by atoms with E-state index >= 15 is 0 Å². The third-order valence-corrected chi connectivity index (χ3v) is 5.37. The van der Waals surface area contributed by atoms with Gasteiger partial charge in [0.05, 0.1) is 11.1 Å². The van der Waals surface area contributed by atoms with Crippen molar-refractivity contribution in [2.75, 3.05) is 31.6 Å². The summed E-state index contributed by atoms with van der Waals surface area (Å²) in [7, 11) is 1.65. The third-order valence-electron chi connectivity index (χ3n) is 5.37. The number of carbonyl (C=O) groups is 3. The van der Waals surface area contributed by atoms with Gasteiger partial charge in [-0.05, 0) is 42.5 Å². The van der Waals surface area contributed by atoms with Gasteiger partial charge in [-0.15, -0.1) is 0 Å². The number of likely N-dealkylation sites (tertiary alicyclic amines) is 1. The number of rotatable bonds is 5. The molecule has 1 aliphatic rings. The number of piperidine rings is 1. The SMILES string of the molecule is C[C@@H]1C[C@@H](C)CN(C(=O)COC(=O)c2ccccc2C(=O)N(C)c2ccccc2)C1. The van der Waals surface area contributed by atoms with Gasteiger partial charge in [0.25, 0.3) is 11.8 Å². The minimum atomic E-state index is -0.674. The van der Waals surface area contributed by atoms with Crippen molar-refractivity contribution >= 4 is 23.5 Å². The second-order valence-electron chi connectivity index (χ2n) is 8.07. The van der Waals surface area contributed by atoms with E-state index in [4.69, 9.17) is 4.74 Å². The monoisotopic (exact) mass is 408 g/mol. The predicted octanol–water partition coefficient (Wildman–Crippen LogP) is 3.62. The van der Waals surface area contributed by atoms with Crippen LogP contribution in [0.1, 0.15) is 41.0 Å². The van der Waals surface area contributed by atoms with Crippen LogP contribution in [0.2, 0.25) is 0 Å². The van der Waals surface area contributed by atoms with Crippen molar-refractivity contribution in [3.8, 4) is 0 Å². The van der Waals surface area contributed by atoms with Crippen molar-refractivity contribution in [3.05, 3.63) is 65.7 Å². The first-order valence-corrected chi connectivity index (χ1v) is 10.2. The van der Waals surface area contributed by atoms with Crippen LogP contribution >= 0.6 is 0 Å². The largest absolute Gasteiger partial charge is 0.452 e. The number of anilines is 1. The third kappa shape index (κ3) is 5.06. The fourth-order valence-electron chi connectivity index (χ4n) is 3.96. The molecule has 1 aliphatic heterocycles. The van der Waals surface area contributed by atoms with Crippen LogP contribution in [0.15, 0.2) is 54.6 Å². The van der Waals surface area contributed by atoms with Crippen molar-refractivity contribution in [1.82, 2.24) is 4.90 Å². The molecule has 6 nitrogen and oxygen atoms in total. The number of hydrogen-bond acceptors (Lipinski definition) is 4. The average molecular weight is 408 g/mol. The highest BCUT2D eigenvalue weighted by atomic mass is 16.5. The number of amides is 2. The molecule has 0 aromatic heterocycles. The second-order valence-corrected chi connectivity index (χ2v) is 8.07. The average Bonchev–Trinajstić information content (AvgIpc) is 2.76. The van der Waals surface area contributed by atoms with Crippen molar-refractivity contribution in [1.29, 1.82) is 0 Å². The molecule has 1 heterocycles. The van der Waals surface area contributed by atoms with E-state index in [9.17, 15) is 14.4 Å². The van der Waals surface area contributed by atoms with E-state index in [2.05, 4.69) is 13.8 Å². The van der Waals surface area contributed by atoms with Gasteiger partial charge >= 0.3 is 5.97 Å². The number of para-hydroxylation sites is 1. The molecule has 1 fully saturated rings. The first-order valence-electron chi connectivity index (χ1n) is 10.2. The van der Waals surface area contributed by atoms with Crippen molar-refractivity contribution in [2.24, 2.45) is 11.8 Å². The molecule has 0 aliphatic carbocycles. The molecule has 30 heavy (non-hydrogen) atoms. The topological polar surface area (TPSA) is 66.9 Å². The van der Waals surface area contributed by atoms with E-state index < -0.39 is 5.97 Å². The van der Waals surface area contributed by atoms with Crippen LogP contribution in [0.3, 0.4) is 0 Å². The summed E-state index contributed by atoms with van der Waals surface area (Å²) in [6, 6.07) is 15.7. The molecule has 2 aromatic rings. The summed E-state index contributed by atoms with van der Waals surface area (Å²) in [4.78, 5) is 41.4. The van der Waals surface area contributed by atoms with E-state index in [1.54, 1.807) is 36.2 Å². The lowest BCUT2D eigenvalue weighted by atomic mass is 9.92. The van der Waals surface area contributed by atoms with Gasteiger partial charge in [-0.1, -0.05) is 44.2 Å². The molecule has 6 heteroatoms. The van der Waals surface area contributed by atoms with Crippen LogP contribution in [-0.4, -0.2) is 49.4 Å². The Labute approximate surface area is 177 Å². The van der Waals surface area contributed by atoms with Gasteiger partial charge in [0.15, 0.2) is 6.61 Å². The molecule has 2 amide bonds. The Bertz CT molecular complexity index is 902. The Kier molecular flexibility index (Phi) is 6.87. The van der Waals surface area contributed by atoms with Crippen LogP contribution in [0.25, 0.3) is 0 Å². The quantitative estimate of drug-likeness (QED) is 0.709. The lowest BCUT2D eigenvalue weighted by molar-refractivity contribution is -0.137. The highest BCUT2D eigenvalue weighted by Crippen LogP contribution is 2.21. The zero-order chi connectivity index (χ0) is 21.7. The minimum Gasteiger partial charge on any atom is -0.452 e. The van der Waals surface area contributed by atoms with Gasteiger partial charge in [0.2, 0.25) is 0 Å². The maximum atomic E-state index is 13.0. The molecule has 0 saturated carbocycles. The smallest absolute Gasteiger partial charge is 0.339 e. The van der Waals surface area contributed by atoms with E-state index in [0.29, 0.717) is 30.6 Å². The van der Waals surface area contributed by atoms with E-state index in [1.165, 1.54) is 4.90 Å². The summed E-state index contributed by atoms with van der Waals surface area (Å²) in [6.45, 7) is 5.27. The van der Waals surface area contributed by atoms with Crippen molar-refractivity contribution in [2.45, 2.75) is 20.3 Å². The number of ether oxygens (including phenoxy) is 1. The number of nitrogens with zero attached hydrogens (tertiary/aromatic N) is 2. The molecule has 2 atom stereocenters. The Balaban J connectivity index is 1.68. The summed E-state index contributed by atoms with van der Waals surface area (Å²) in [5.74, 6) is -0.335. The fraction of sp³-hybridized carbons (Fsp3) is 0.375. The van der Waals surface area contributed by atoms with E-state index in [0.717, 1.165) is 6.42 Å². The zero-order valence-corrected chi connectivity index (χ0v) is 17.7. The molecule has 0 radical (unpaired) electrons. The van der Waals surface area contributed by atoms with Crippen LogP contribution < -0.4 is 4.90 Å². The molecule has 3 rings (SSSR count). The Morgan fingerprint density at radius 3 is 2.13 bits per heavy atom. The second kappa shape index (κ2) is 9.57. The highest BCUT2D eigenvalue weighted by Gasteiger charge is 2.27. The zero-order valence-electron chi connectivity index (χ0n) is 17.7. The lowest BCUT2D eigenvalue weighted by Crippen LogP contribution is -2.44. The van der Waals surface area contributed by atoms with Gasteiger partial charge in [0, 0.05) is 25.8 Å².